The summed E-state index contributed by atoms with van der Waals surface area (Å²) in [4.78, 5) is 20.8. The molecule has 0 bridgehead atoms. The highest BCUT2D eigenvalue weighted by Gasteiger charge is 2.21. The van der Waals surface area contributed by atoms with E-state index >= 15 is 0 Å². The molecule has 0 radical (unpaired) electrons. The Kier molecular flexibility index (Phi) is 13.5. The molecule has 1 heterocycles. The first-order chi connectivity index (χ1) is 15.8. The number of aryl methyl sites for hydroxylation is 3. The molecule has 0 unspecified atom stereocenters. The zero-order valence-electron chi connectivity index (χ0n) is 21.2. The van der Waals surface area contributed by atoms with E-state index in [1.807, 2.05) is 62.3 Å². The van der Waals surface area contributed by atoms with Crippen molar-refractivity contribution >= 4 is 21.5 Å². The quantitative estimate of drug-likeness (QED) is 0.428. The zero-order valence-corrected chi connectivity index (χ0v) is 22.0. The van der Waals surface area contributed by atoms with Crippen molar-refractivity contribution in [2.75, 3.05) is 4.72 Å². The van der Waals surface area contributed by atoms with Crippen LogP contribution < -0.4 is 4.72 Å². The maximum absolute atomic E-state index is 12.9. The molecule has 1 aromatic heterocycles. The van der Waals surface area contributed by atoms with E-state index in [9.17, 15) is 13.2 Å². The fourth-order valence-corrected chi connectivity index (χ4v) is 3.64. The number of hydrogen-bond acceptors (Lipinski definition) is 5. The summed E-state index contributed by atoms with van der Waals surface area (Å²) < 4.78 is 28.1. The number of ketones is 1. The molecule has 1 N–H and O–H groups in total. The number of rotatable bonds is 5. The van der Waals surface area contributed by atoms with Crippen LogP contribution in [-0.4, -0.2) is 24.2 Å². The van der Waals surface area contributed by atoms with Crippen molar-refractivity contribution in [3.8, 4) is 0 Å². The Morgan fingerprint density at radius 1 is 0.818 bits per heavy atom. The summed E-state index contributed by atoms with van der Waals surface area (Å²) in [6.45, 7) is 17.6. The van der Waals surface area contributed by atoms with Gasteiger partial charge >= 0.3 is 0 Å². The number of aromatic nitrogens is 2. The van der Waals surface area contributed by atoms with Crippen LogP contribution in [0.5, 0.6) is 0 Å². The molecule has 3 rings (SSSR count). The van der Waals surface area contributed by atoms with Crippen molar-refractivity contribution in [3.63, 3.8) is 0 Å². The fraction of sp³-hybridized carbons (Fsp3) is 0.346. The fourth-order valence-electron chi connectivity index (χ4n) is 2.57. The number of anilines is 1. The number of benzene rings is 2. The molecule has 0 spiro atoms. The minimum Gasteiger partial charge on any atom is -0.287 e. The highest BCUT2D eigenvalue weighted by molar-refractivity contribution is 7.92. The third-order valence-corrected chi connectivity index (χ3v) is 5.65. The topological polar surface area (TPSA) is 89.0 Å². The molecule has 0 aliphatic carbocycles. The second-order valence-corrected chi connectivity index (χ2v) is 8.01. The minimum atomic E-state index is -3.83. The van der Waals surface area contributed by atoms with Crippen molar-refractivity contribution in [1.29, 1.82) is 0 Å². The lowest BCUT2D eigenvalue weighted by atomic mass is 10.00. The zero-order chi connectivity index (χ0) is 25.6. The summed E-state index contributed by atoms with van der Waals surface area (Å²) >= 11 is 0. The van der Waals surface area contributed by atoms with Crippen LogP contribution in [0.2, 0.25) is 0 Å². The van der Waals surface area contributed by atoms with Crippen LogP contribution >= 0.6 is 0 Å². The van der Waals surface area contributed by atoms with Gasteiger partial charge in [-0.15, -0.1) is 0 Å². The van der Waals surface area contributed by atoms with E-state index in [0.717, 1.165) is 16.7 Å². The van der Waals surface area contributed by atoms with Gasteiger partial charge in [-0.1, -0.05) is 59.2 Å². The predicted molar refractivity (Wildman–Crippen MR) is 137 cm³/mol. The summed E-state index contributed by atoms with van der Waals surface area (Å²) in [6.07, 6.45) is 2.75. The van der Waals surface area contributed by atoms with Crippen LogP contribution in [0.4, 0.5) is 5.69 Å². The summed E-state index contributed by atoms with van der Waals surface area (Å²) in [5.74, 6) is -0.373. The second-order valence-electron chi connectivity index (χ2n) is 6.32. The van der Waals surface area contributed by atoms with Crippen LogP contribution in [0.1, 0.15) is 74.3 Å². The standard InChI is InChI=1S/C20H19N3O3S.3C2H6/c1-13-4-6-16(7-5-13)27(25,26)23-19-11-15(3)14(2)10-17(19)20(24)18-8-9-21-12-22-18;3*1-2/h4-12,23H,1-3H3;3*1-2H3. The molecule has 180 valence electrons. The Hall–Kier alpha value is -3.06. The Bertz CT molecular complexity index is 1100. The van der Waals surface area contributed by atoms with Gasteiger partial charge in [-0.25, -0.2) is 18.4 Å². The molecule has 0 fully saturated rings. The molecule has 0 amide bonds. The molecule has 3 aromatic rings. The Labute approximate surface area is 199 Å². The first-order valence-electron chi connectivity index (χ1n) is 11.3. The van der Waals surface area contributed by atoms with Crippen molar-refractivity contribution in [2.24, 2.45) is 0 Å². The maximum Gasteiger partial charge on any atom is 0.261 e. The predicted octanol–water partition coefficient (Wildman–Crippen LogP) is 6.51. The molecule has 0 atom stereocenters. The Balaban J connectivity index is 0.00000158. The highest BCUT2D eigenvalue weighted by Crippen LogP contribution is 2.26. The Morgan fingerprint density at radius 2 is 1.36 bits per heavy atom. The monoisotopic (exact) mass is 471 g/mol. The normalized spacial score (nSPS) is 9.73. The number of nitrogens with zero attached hydrogens (tertiary/aromatic N) is 2. The average molecular weight is 472 g/mol. The van der Waals surface area contributed by atoms with E-state index in [4.69, 9.17) is 0 Å². The third-order valence-electron chi connectivity index (χ3n) is 4.27. The van der Waals surface area contributed by atoms with E-state index in [0.29, 0.717) is 0 Å². The van der Waals surface area contributed by atoms with Gasteiger partial charge in [0.15, 0.2) is 0 Å². The van der Waals surface area contributed by atoms with Crippen LogP contribution in [0, 0.1) is 20.8 Å². The SMILES string of the molecule is CC.CC.CC.Cc1ccc(S(=O)(=O)Nc2cc(C)c(C)cc2C(=O)c2ccncn2)cc1. The summed E-state index contributed by atoms with van der Waals surface area (Å²) in [6, 6.07) is 11.3. The summed E-state index contributed by atoms with van der Waals surface area (Å²) in [5.41, 5.74) is 3.38. The smallest absolute Gasteiger partial charge is 0.261 e. The van der Waals surface area contributed by atoms with Gasteiger partial charge in [0.2, 0.25) is 5.78 Å². The number of hydrogen-bond donors (Lipinski definition) is 1. The maximum atomic E-state index is 12.9. The van der Waals surface area contributed by atoms with Gasteiger partial charge in [0.1, 0.15) is 12.0 Å². The Morgan fingerprint density at radius 3 is 1.88 bits per heavy atom. The highest BCUT2D eigenvalue weighted by atomic mass is 32.2. The molecule has 7 heteroatoms. The van der Waals surface area contributed by atoms with Crippen LogP contribution in [0.3, 0.4) is 0 Å². The lowest BCUT2D eigenvalue weighted by Gasteiger charge is -2.14. The summed E-state index contributed by atoms with van der Waals surface area (Å²) in [7, 11) is -3.83. The lowest BCUT2D eigenvalue weighted by molar-refractivity contribution is 0.103. The van der Waals surface area contributed by atoms with Gasteiger partial charge in [-0.2, -0.15) is 0 Å². The number of carbonyl (C=O) groups is 1. The lowest BCUT2D eigenvalue weighted by Crippen LogP contribution is -2.17. The van der Waals surface area contributed by atoms with Gasteiger partial charge in [0, 0.05) is 11.8 Å². The largest absolute Gasteiger partial charge is 0.287 e. The molecule has 0 aliphatic rings. The minimum absolute atomic E-state index is 0.131. The first-order valence-corrected chi connectivity index (χ1v) is 12.8. The van der Waals surface area contributed by atoms with Crippen molar-refractivity contribution in [2.45, 2.75) is 67.2 Å². The molecule has 0 saturated carbocycles. The van der Waals surface area contributed by atoms with E-state index in [1.54, 1.807) is 24.3 Å². The van der Waals surface area contributed by atoms with E-state index in [2.05, 4.69) is 14.7 Å². The number of nitrogens with one attached hydrogen (secondary N) is 1. The van der Waals surface area contributed by atoms with Crippen molar-refractivity contribution in [1.82, 2.24) is 9.97 Å². The van der Waals surface area contributed by atoms with Gasteiger partial charge in [-0.05, 0) is 62.2 Å². The van der Waals surface area contributed by atoms with Gasteiger partial charge < -0.3 is 0 Å². The van der Waals surface area contributed by atoms with Crippen LogP contribution in [-0.2, 0) is 10.0 Å². The number of sulfonamides is 1. The molecule has 6 nitrogen and oxygen atoms in total. The van der Waals surface area contributed by atoms with E-state index in [1.165, 1.54) is 30.7 Å². The third kappa shape index (κ3) is 8.42. The van der Waals surface area contributed by atoms with E-state index in [-0.39, 0.29) is 27.6 Å². The molecule has 2 aromatic carbocycles. The molecule has 0 saturated heterocycles. The van der Waals surface area contributed by atoms with Crippen molar-refractivity contribution < 1.29 is 13.2 Å². The van der Waals surface area contributed by atoms with Gasteiger partial charge in [0.05, 0.1) is 10.6 Å². The van der Waals surface area contributed by atoms with Crippen LogP contribution in [0.25, 0.3) is 0 Å². The second kappa shape index (κ2) is 14.9. The summed E-state index contributed by atoms with van der Waals surface area (Å²) in [5, 5.41) is 0. The first kappa shape index (κ1) is 29.9. The molecule has 0 aliphatic heterocycles. The number of carbonyl (C=O) groups excluding carboxylic acids is 1. The van der Waals surface area contributed by atoms with Gasteiger partial charge in [-0.3, -0.25) is 9.52 Å². The molecule has 33 heavy (non-hydrogen) atoms. The van der Waals surface area contributed by atoms with Crippen LogP contribution in [0.15, 0.2) is 59.9 Å². The average Bonchev–Trinajstić information content (AvgIpc) is 2.85. The van der Waals surface area contributed by atoms with Gasteiger partial charge in [0.25, 0.3) is 10.0 Å². The molecular weight excluding hydrogens is 434 g/mol. The molecular formula is C26H37N3O3S. The van der Waals surface area contributed by atoms with E-state index < -0.39 is 10.0 Å². The van der Waals surface area contributed by atoms with Crippen molar-refractivity contribution in [3.05, 3.63) is 82.9 Å².